The monoisotopic (exact) mass is 540 g/mol. The van der Waals surface area contributed by atoms with Gasteiger partial charge in [0.1, 0.15) is 22.2 Å². The van der Waals surface area contributed by atoms with Crippen molar-refractivity contribution >= 4 is 31.6 Å². The van der Waals surface area contributed by atoms with Crippen molar-refractivity contribution in [3.63, 3.8) is 0 Å². The van der Waals surface area contributed by atoms with Crippen molar-refractivity contribution in [3.05, 3.63) is 83.1 Å². The lowest BCUT2D eigenvalue weighted by molar-refractivity contribution is -0.114. The van der Waals surface area contributed by atoms with E-state index in [2.05, 4.69) is 15.8 Å². The number of carbonyl (C=O) groups is 1. The number of ether oxygens (including phenoxy) is 2. The van der Waals surface area contributed by atoms with Crippen LogP contribution in [0, 0.1) is 13.8 Å². The van der Waals surface area contributed by atoms with E-state index < -0.39 is 20.8 Å². The summed E-state index contributed by atoms with van der Waals surface area (Å²) in [6.07, 6.45) is 2.97. The number of sulfone groups is 1. The summed E-state index contributed by atoms with van der Waals surface area (Å²) < 4.78 is 48.5. The maximum atomic E-state index is 11.9. The number of benzene rings is 2. The molecule has 0 spiro atoms. The fourth-order valence-corrected chi connectivity index (χ4v) is 5.60. The summed E-state index contributed by atoms with van der Waals surface area (Å²) in [6.45, 7) is 4.56. The number of aromatic nitrogens is 1. The maximum absolute atomic E-state index is 11.9. The number of rotatable bonds is 10. The molecule has 0 radical (unpaired) electrons. The summed E-state index contributed by atoms with van der Waals surface area (Å²) in [7, 11) is -4.54. The predicted molar refractivity (Wildman–Crippen MR) is 144 cm³/mol. The first-order chi connectivity index (χ1) is 17.6. The topological polar surface area (TPSA) is 112 Å². The molecule has 1 unspecified atom stereocenters. The van der Waals surface area contributed by atoms with Crippen molar-refractivity contribution in [1.82, 2.24) is 9.71 Å². The molecule has 1 aliphatic heterocycles. The van der Waals surface area contributed by atoms with Gasteiger partial charge in [-0.05, 0) is 60.7 Å². The predicted octanol–water partition coefficient (Wildman–Crippen LogP) is 3.89. The van der Waals surface area contributed by atoms with E-state index in [1.807, 2.05) is 38.1 Å². The lowest BCUT2D eigenvalue weighted by Gasteiger charge is -2.14. The molecule has 10 heteroatoms. The second-order valence-corrected chi connectivity index (χ2v) is 12.3. The molecule has 194 valence electrons. The Balaban J connectivity index is 1.41. The van der Waals surface area contributed by atoms with E-state index in [9.17, 15) is 17.4 Å². The fraction of sp³-hybridized carbons (Fsp3) is 0.259. The van der Waals surface area contributed by atoms with Crippen molar-refractivity contribution in [3.8, 4) is 22.8 Å². The molecule has 4 rings (SSSR count). The van der Waals surface area contributed by atoms with E-state index in [1.165, 1.54) is 12.3 Å². The van der Waals surface area contributed by atoms with Gasteiger partial charge in [-0.3, -0.25) is 9.52 Å². The highest BCUT2D eigenvalue weighted by molar-refractivity contribution is 7.94. The number of nitrogens with zero attached hydrogens (tertiary/aromatic N) is 1. The Morgan fingerprint density at radius 1 is 1.00 bits per heavy atom. The summed E-state index contributed by atoms with van der Waals surface area (Å²) in [5, 5.41) is 0. The second kappa shape index (κ2) is 11.3. The Labute approximate surface area is 219 Å². The van der Waals surface area contributed by atoms with Crippen LogP contribution >= 0.6 is 0 Å². The molecule has 0 bridgehead atoms. The molecular formula is C27H28N2O6S2. The van der Waals surface area contributed by atoms with E-state index in [-0.39, 0.29) is 18.3 Å². The average molecular weight is 541 g/mol. The van der Waals surface area contributed by atoms with E-state index in [0.29, 0.717) is 35.1 Å². The first-order valence-corrected chi connectivity index (χ1v) is 14.9. The van der Waals surface area contributed by atoms with Crippen LogP contribution in [0.3, 0.4) is 0 Å². The van der Waals surface area contributed by atoms with Crippen LogP contribution in [0.15, 0.2) is 60.7 Å². The van der Waals surface area contributed by atoms with Crippen LogP contribution in [0.25, 0.3) is 16.0 Å². The van der Waals surface area contributed by atoms with E-state index in [1.54, 1.807) is 24.3 Å². The van der Waals surface area contributed by atoms with Gasteiger partial charge in [0.15, 0.2) is 11.0 Å². The van der Waals surface area contributed by atoms with Crippen LogP contribution < -0.4 is 14.2 Å². The molecule has 0 saturated heterocycles. The number of pyridine rings is 1. The zero-order chi connectivity index (χ0) is 26.6. The van der Waals surface area contributed by atoms with Gasteiger partial charge in [-0.25, -0.2) is 17.6 Å². The van der Waals surface area contributed by atoms with Crippen LogP contribution in [0.5, 0.6) is 11.6 Å². The van der Waals surface area contributed by atoms with Crippen LogP contribution in [0.2, 0.25) is 0 Å². The van der Waals surface area contributed by atoms with Gasteiger partial charge in [0.2, 0.25) is 5.88 Å². The molecule has 0 fully saturated rings. The molecule has 2 aromatic carbocycles. The van der Waals surface area contributed by atoms with Gasteiger partial charge in [0.05, 0.1) is 17.3 Å². The molecule has 3 aromatic rings. The summed E-state index contributed by atoms with van der Waals surface area (Å²) in [6, 6.07) is 17.0. The minimum atomic E-state index is -3.01. The standard InChI is InChI=1S/C27H28N2O6S2/c1-18-14-26(34-12-5-13-37(3,32)33)28-19(2)27(18)22-7-4-6-20(15-22)17-35-23-10-8-21(9-11-23)24-16-25(30)29-36(24)31/h4,6-11,14-16H,5,12-13,17H2,1-3H3,(H,29,30). The Morgan fingerprint density at radius 2 is 1.76 bits per heavy atom. The zero-order valence-electron chi connectivity index (χ0n) is 20.8. The maximum Gasteiger partial charge on any atom is 0.257 e. The SMILES string of the molecule is Cc1cc(OCCCS(C)(=O)=O)nc(C)c1-c1cccc(COc2ccc(C3=CC(=O)NS3=O)cc2)c1. The summed E-state index contributed by atoms with van der Waals surface area (Å²) >= 11 is 0. The smallest absolute Gasteiger partial charge is 0.257 e. The second-order valence-electron chi connectivity index (χ2n) is 8.83. The number of hydrogen-bond donors (Lipinski definition) is 1. The Morgan fingerprint density at radius 3 is 2.41 bits per heavy atom. The first kappa shape index (κ1) is 26.6. The lowest BCUT2D eigenvalue weighted by atomic mass is 9.98. The average Bonchev–Trinajstić information content (AvgIpc) is 3.18. The van der Waals surface area contributed by atoms with Gasteiger partial charge in [-0.15, -0.1) is 0 Å². The van der Waals surface area contributed by atoms with Crippen molar-refractivity contribution < 1.29 is 26.9 Å². The molecule has 1 aromatic heterocycles. The molecule has 2 heterocycles. The molecular weight excluding hydrogens is 512 g/mol. The number of aryl methyl sites for hydroxylation is 2. The van der Waals surface area contributed by atoms with Crippen molar-refractivity contribution in [1.29, 1.82) is 0 Å². The van der Waals surface area contributed by atoms with E-state index >= 15 is 0 Å². The minimum absolute atomic E-state index is 0.0829. The van der Waals surface area contributed by atoms with Crippen LogP contribution in [0.4, 0.5) is 0 Å². The Hall–Kier alpha value is -3.50. The highest BCUT2D eigenvalue weighted by Crippen LogP contribution is 2.30. The summed E-state index contributed by atoms with van der Waals surface area (Å²) in [5.74, 6) is 0.859. The number of amides is 1. The van der Waals surface area contributed by atoms with E-state index in [4.69, 9.17) is 9.47 Å². The van der Waals surface area contributed by atoms with Gasteiger partial charge in [-0.1, -0.05) is 30.3 Å². The highest BCUT2D eigenvalue weighted by Gasteiger charge is 2.20. The minimum Gasteiger partial charge on any atom is -0.489 e. The van der Waals surface area contributed by atoms with Crippen molar-refractivity contribution in [2.45, 2.75) is 26.9 Å². The Kier molecular flexibility index (Phi) is 8.09. The van der Waals surface area contributed by atoms with Crippen LogP contribution in [0.1, 0.15) is 28.8 Å². The molecule has 1 atom stereocenters. The third kappa shape index (κ3) is 7.05. The summed E-state index contributed by atoms with van der Waals surface area (Å²) in [5.41, 5.74) is 5.53. The summed E-state index contributed by atoms with van der Waals surface area (Å²) in [4.78, 5) is 16.4. The van der Waals surface area contributed by atoms with Gasteiger partial charge < -0.3 is 9.47 Å². The largest absolute Gasteiger partial charge is 0.489 e. The molecule has 0 saturated carbocycles. The van der Waals surface area contributed by atoms with Crippen LogP contribution in [-0.4, -0.2) is 42.1 Å². The molecule has 8 nitrogen and oxygen atoms in total. The number of carbonyl (C=O) groups excluding carboxylic acids is 1. The van der Waals surface area contributed by atoms with Gasteiger partial charge in [-0.2, -0.15) is 0 Å². The molecule has 1 aliphatic rings. The van der Waals surface area contributed by atoms with E-state index in [0.717, 1.165) is 27.9 Å². The van der Waals surface area contributed by atoms with Crippen molar-refractivity contribution in [2.75, 3.05) is 18.6 Å². The Bertz CT molecular complexity index is 1460. The molecule has 1 N–H and O–H groups in total. The first-order valence-electron chi connectivity index (χ1n) is 11.6. The normalized spacial score (nSPS) is 15.3. The van der Waals surface area contributed by atoms with Crippen LogP contribution in [-0.2, 0) is 32.2 Å². The third-order valence-electron chi connectivity index (χ3n) is 5.70. The van der Waals surface area contributed by atoms with Gasteiger partial charge in [0.25, 0.3) is 5.91 Å². The molecule has 1 amide bonds. The number of hydrogen-bond acceptors (Lipinski definition) is 7. The molecule has 37 heavy (non-hydrogen) atoms. The van der Waals surface area contributed by atoms with Gasteiger partial charge in [0, 0.05) is 29.7 Å². The quantitative estimate of drug-likeness (QED) is 0.388. The molecule has 0 aliphatic carbocycles. The lowest BCUT2D eigenvalue weighted by Crippen LogP contribution is -2.16. The zero-order valence-corrected chi connectivity index (χ0v) is 22.4. The fourth-order valence-electron chi connectivity index (χ4n) is 4.04. The van der Waals surface area contributed by atoms with Crippen molar-refractivity contribution in [2.24, 2.45) is 0 Å². The highest BCUT2D eigenvalue weighted by atomic mass is 32.2. The third-order valence-corrected chi connectivity index (χ3v) is 7.87. The van der Waals surface area contributed by atoms with Gasteiger partial charge >= 0.3 is 0 Å². The number of nitrogens with one attached hydrogen (secondary N) is 1.